The molecule has 100 valence electrons. The molecule has 0 saturated heterocycles. The van der Waals surface area contributed by atoms with Gasteiger partial charge in [-0.05, 0) is 18.2 Å². The fourth-order valence-electron chi connectivity index (χ4n) is 1.65. The topological polar surface area (TPSA) is 64.4 Å². The van der Waals surface area contributed by atoms with Gasteiger partial charge in [0.25, 0.3) is 0 Å². The van der Waals surface area contributed by atoms with Gasteiger partial charge in [0.15, 0.2) is 11.3 Å². The number of aromatic nitrogens is 1. The van der Waals surface area contributed by atoms with Crippen LogP contribution in [0.15, 0.2) is 18.2 Å². The summed E-state index contributed by atoms with van der Waals surface area (Å²) in [4.78, 5) is 4.17. The van der Waals surface area contributed by atoms with Gasteiger partial charge >= 0.3 is 0 Å². The molecule has 0 unspecified atom stereocenters. The van der Waals surface area contributed by atoms with E-state index in [9.17, 15) is 0 Å². The highest BCUT2D eigenvalue weighted by Crippen LogP contribution is 2.26. The van der Waals surface area contributed by atoms with Crippen molar-refractivity contribution >= 4 is 21.6 Å². The largest absolute Gasteiger partial charge is 0.493 e. The molecule has 1 aromatic heterocycles. The summed E-state index contributed by atoms with van der Waals surface area (Å²) in [6.07, 6.45) is 0.397. The van der Waals surface area contributed by atoms with Gasteiger partial charge < -0.3 is 14.2 Å². The standard InChI is InChI=1S/C13H14N2O3S/c1-16-13(17-2)5-6-18-9-3-4-10-11(7-9)19-12(8-14)15-10/h3-4,7,13H,5-6H2,1-2H3. The average molecular weight is 278 g/mol. The first-order valence-corrected chi connectivity index (χ1v) is 6.57. The summed E-state index contributed by atoms with van der Waals surface area (Å²) in [5.74, 6) is 0.756. The van der Waals surface area contributed by atoms with Crippen LogP contribution in [0.5, 0.6) is 5.75 Å². The van der Waals surface area contributed by atoms with Gasteiger partial charge in [-0.2, -0.15) is 5.26 Å². The van der Waals surface area contributed by atoms with Crippen LogP contribution in [-0.2, 0) is 9.47 Å². The van der Waals surface area contributed by atoms with E-state index in [1.807, 2.05) is 24.3 Å². The lowest BCUT2D eigenvalue weighted by atomic mass is 10.3. The molecule has 0 N–H and O–H groups in total. The summed E-state index contributed by atoms with van der Waals surface area (Å²) >= 11 is 1.36. The molecule has 1 heterocycles. The van der Waals surface area contributed by atoms with Crippen LogP contribution in [0.4, 0.5) is 0 Å². The molecule has 0 atom stereocenters. The van der Waals surface area contributed by atoms with E-state index in [1.54, 1.807) is 14.2 Å². The van der Waals surface area contributed by atoms with Crippen LogP contribution in [-0.4, -0.2) is 32.1 Å². The Bertz CT molecular complexity index is 587. The Morgan fingerprint density at radius 3 is 2.84 bits per heavy atom. The van der Waals surface area contributed by atoms with Gasteiger partial charge in [0.05, 0.1) is 16.8 Å². The van der Waals surface area contributed by atoms with Crippen LogP contribution in [0.2, 0.25) is 0 Å². The van der Waals surface area contributed by atoms with E-state index in [0.717, 1.165) is 16.0 Å². The van der Waals surface area contributed by atoms with E-state index in [2.05, 4.69) is 4.98 Å². The number of nitriles is 1. The van der Waals surface area contributed by atoms with Crippen molar-refractivity contribution in [1.29, 1.82) is 5.26 Å². The zero-order valence-corrected chi connectivity index (χ0v) is 11.6. The number of benzene rings is 1. The molecule has 1 aromatic carbocycles. The van der Waals surface area contributed by atoms with Gasteiger partial charge in [-0.3, -0.25) is 0 Å². The van der Waals surface area contributed by atoms with Crippen LogP contribution >= 0.6 is 11.3 Å². The van der Waals surface area contributed by atoms with Crippen molar-refractivity contribution in [3.05, 3.63) is 23.2 Å². The summed E-state index contributed by atoms with van der Waals surface area (Å²) in [5, 5.41) is 9.27. The molecular formula is C13H14N2O3S. The Kier molecular flexibility index (Phi) is 4.68. The first kappa shape index (κ1) is 13.7. The number of fused-ring (bicyclic) bond motifs is 1. The second-order valence-corrected chi connectivity index (χ2v) is 4.83. The maximum Gasteiger partial charge on any atom is 0.195 e. The smallest absolute Gasteiger partial charge is 0.195 e. The second-order valence-electron chi connectivity index (χ2n) is 3.80. The minimum atomic E-state index is -0.252. The van der Waals surface area contributed by atoms with Crippen molar-refractivity contribution in [2.45, 2.75) is 12.7 Å². The van der Waals surface area contributed by atoms with E-state index in [4.69, 9.17) is 19.5 Å². The highest BCUT2D eigenvalue weighted by molar-refractivity contribution is 7.19. The third-order valence-corrected chi connectivity index (χ3v) is 3.53. The number of nitrogens with zero attached hydrogens (tertiary/aromatic N) is 2. The molecule has 0 radical (unpaired) electrons. The Morgan fingerprint density at radius 2 is 2.16 bits per heavy atom. The van der Waals surface area contributed by atoms with Crippen LogP contribution in [0.3, 0.4) is 0 Å². The van der Waals surface area contributed by atoms with E-state index in [1.165, 1.54) is 11.3 Å². The summed E-state index contributed by atoms with van der Waals surface area (Å²) < 4.78 is 16.7. The second kappa shape index (κ2) is 6.48. The van der Waals surface area contributed by atoms with Crippen LogP contribution < -0.4 is 4.74 Å². The lowest BCUT2D eigenvalue weighted by Gasteiger charge is -2.13. The molecule has 0 aliphatic rings. The predicted molar refractivity (Wildman–Crippen MR) is 72.3 cm³/mol. The normalized spacial score (nSPS) is 10.8. The van der Waals surface area contributed by atoms with Crippen LogP contribution in [0.1, 0.15) is 11.4 Å². The first-order chi connectivity index (χ1) is 9.26. The lowest BCUT2D eigenvalue weighted by Crippen LogP contribution is -2.16. The monoisotopic (exact) mass is 278 g/mol. The van der Waals surface area contributed by atoms with Gasteiger partial charge in [0.1, 0.15) is 11.8 Å². The fourth-order valence-corrected chi connectivity index (χ4v) is 2.44. The van der Waals surface area contributed by atoms with Crippen molar-refractivity contribution in [1.82, 2.24) is 4.98 Å². The third kappa shape index (κ3) is 3.41. The quantitative estimate of drug-likeness (QED) is 0.760. The maximum atomic E-state index is 8.80. The zero-order chi connectivity index (χ0) is 13.7. The van der Waals surface area contributed by atoms with Gasteiger partial charge in [0, 0.05) is 20.6 Å². The Morgan fingerprint density at radius 1 is 1.37 bits per heavy atom. The number of hydrogen-bond acceptors (Lipinski definition) is 6. The van der Waals surface area contributed by atoms with Gasteiger partial charge in [-0.1, -0.05) is 0 Å². The first-order valence-electron chi connectivity index (χ1n) is 5.76. The molecule has 0 aliphatic heterocycles. The third-order valence-electron chi connectivity index (χ3n) is 2.60. The van der Waals surface area contributed by atoms with Gasteiger partial charge in [-0.25, -0.2) is 4.98 Å². The van der Waals surface area contributed by atoms with E-state index >= 15 is 0 Å². The molecule has 19 heavy (non-hydrogen) atoms. The van der Waals surface area contributed by atoms with Crippen molar-refractivity contribution in [2.75, 3.05) is 20.8 Å². The highest BCUT2D eigenvalue weighted by Gasteiger charge is 2.07. The van der Waals surface area contributed by atoms with Crippen molar-refractivity contribution in [3.8, 4) is 11.8 Å². The predicted octanol–water partition coefficient (Wildman–Crippen LogP) is 2.56. The van der Waals surface area contributed by atoms with Crippen molar-refractivity contribution in [2.24, 2.45) is 0 Å². The number of thiazole rings is 1. The number of rotatable bonds is 6. The zero-order valence-electron chi connectivity index (χ0n) is 10.8. The lowest BCUT2D eigenvalue weighted by molar-refractivity contribution is -0.110. The average Bonchev–Trinajstić information content (AvgIpc) is 2.86. The summed E-state index contributed by atoms with van der Waals surface area (Å²) in [6.45, 7) is 0.502. The van der Waals surface area contributed by atoms with E-state index in [0.29, 0.717) is 18.0 Å². The molecular weight excluding hydrogens is 264 g/mol. The number of hydrogen-bond donors (Lipinski definition) is 0. The highest BCUT2D eigenvalue weighted by atomic mass is 32.1. The minimum Gasteiger partial charge on any atom is -0.493 e. The number of ether oxygens (including phenoxy) is 3. The molecule has 0 aliphatic carbocycles. The molecule has 0 saturated carbocycles. The molecule has 6 heteroatoms. The minimum absolute atomic E-state index is 0.252. The Labute approximate surface area is 115 Å². The van der Waals surface area contributed by atoms with E-state index < -0.39 is 0 Å². The van der Waals surface area contributed by atoms with Crippen LogP contribution in [0.25, 0.3) is 10.2 Å². The fraction of sp³-hybridized carbons (Fsp3) is 0.385. The molecule has 0 bridgehead atoms. The van der Waals surface area contributed by atoms with Crippen molar-refractivity contribution in [3.63, 3.8) is 0 Å². The number of methoxy groups -OCH3 is 2. The molecule has 0 spiro atoms. The molecule has 2 rings (SSSR count). The Balaban J connectivity index is 1.99. The SMILES string of the molecule is COC(CCOc1ccc2nc(C#N)sc2c1)OC. The molecule has 2 aromatic rings. The van der Waals surface area contributed by atoms with Crippen LogP contribution in [0, 0.1) is 11.3 Å². The molecule has 5 nitrogen and oxygen atoms in total. The summed E-state index contributed by atoms with van der Waals surface area (Å²) in [7, 11) is 3.20. The van der Waals surface area contributed by atoms with Gasteiger partial charge in [0.2, 0.25) is 0 Å². The summed E-state index contributed by atoms with van der Waals surface area (Å²) in [6, 6.07) is 7.63. The van der Waals surface area contributed by atoms with E-state index in [-0.39, 0.29) is 6.29 Å². The molecule has 0 amide bonds. The molecule has 0 fully saturated rings. The van der Waals surface area contributed by atoms with Gasteiger partial charge in [-0.15, -0.1) is 11.3 Å². The Hall–Kier alpha value is -1.68. The maximum absolute atomic E-state index is 8.80. The summed E-state index contributed by atoms with van der Waals surface area (Å²) in [5.41, 5.74) is 0.820. The van der Waals surface area contributed by atoms with Crippen molar-refractivity contribution < 1.29 is 14.2 Å².